The van der Waals surface area contributed by atoms with Crippen LogP contribution in [-0.2, 0) is 4.18 Å². The van der Waals surface area contributed by atoms with Crippen LogP contribution in [0.4, 0.5) is 0 Å². The molecule has 1 aliphatic rings. The second-order valence-electron chi connectivity index (χ2n) is 1.33. The Kier molecular flexibility index (Phi) is 1.34. The van der Waals surface area contributed by atoms with Gasteiger partial charge in [-0.1, -0.05) is 0 Å². The molecule has 3 heteroatoms. The van der Waals surface area contributed by atoms with Gasteiger partial charge in [0.15, 0.2) is 0 Å². The van der Waals surface area contributed by atoms with Gasteiger partial charge in [0.2, 0.25) is 0 Å². The highest BCUT2D eigenvalue weighted by Crippen LogP contribution is 2.11. The smallest absolute Gasteiger partial charge is 0.0774 e. The number of nitrogens with two attached hydrogens (primary N) is 1. The first kappa shape index (κ1) is 4.43. The van der Waals surface area contributed by atoms with Crippen LogP contribution < -0.4 is 5.73 Å². The minimum atomic E-state index is 0.287. The first-order valence-electron chi connectivity index (χ1n) is 1.89. The highest BCUT2D eigenvalue weighted by molar-refractivity contribution is 7.94. The maximum Gasteiger partial charge on any atom is 0.0774 e. The van der Waals surface area contributed by atoms with Crippen LogP contribution in [-0.4, -0.2) is 18.4 Å². The van der Waals surface area contributed by atoms with Crippen LogP contribution in [0.3, 0.4) is 0 Å². The highest BCUT2D eigenvalue weighted by Gasteiger charge is 2.09. The minimum absolute atomic E-state index is 0.287. The summed E-state index contributed by atoms with van der Waals surface area (Å²) in [6, 6.07) is 0.287. The maximum atomic E-state index is 5.39. The Morgan fingerprint density at radius 3 is 2.83 bits per heavy atom. The maximum absolute atomic E-state index is 5.39. The molecule has 0 aromatic heterocycles. The molecule has 1 heterocycles. The van der Waals surface area contributed by atoms with E-state index < -0.39 is 0 Å². The van der Waals surface area contributed by atoms with Gasteiger partial charge >= 0.3 is 0 Å². The summed E-state index contributed by atoms with van der Waals surface area (Å²) in [4.78, 5) is 0. The SMILES string of the molecule is N[C@@H]1COSC1. The summed E-state index contributed by atoms with van der Waals surface area (Å²) in [5.74, 6) is 0.958. The molecule has 0 aromatic carbocycles. The van der Waals surface area contributed by atoms with Gasteiger partial charge in [0.05, 0.1) is 6.61 Å². The third-order valence-electron chi connectivity index (χ3n) is 0.648. The second-order valence-corrected chi connectivity index (χ2v) is 2.13. The monoisotopic (exact) mass is 105 g/mol. The zero-order chi connectivity index (χ0) is 4.41. The van der Waals surface area contributed by atoms with Gasteiger partial charge in [-0.05, 0) is 12.0 Å². The van der Waals surface area contributed by atoms with E-state index in [1.165, 1.54) is 12.0 Å². The third kappa shape index (κ3) is 0.864. The predicted octanol–water partition coefficient (Wildman–Crippen LogP) is -0.00790. The van der Waals surface area contributed by atoms with Gasteiger partial charge in [0.25, 0.3) is 0 Å². The Morgan fingerprint density at radius 1 is 1.83 bits per heavy atom. The van der Waals surface area contributed by atoms with Crippen LogP contribution in [0.15, 0.2) is 0 Å². The molecule has 1 aliphatic heterocycles. The Hall–Kier alpha value is 0.270. The molecule has 0 saturated carbocycles. The van der Waals surface area contributed by atoms with Crippen LogP contribution in [0, 0.1) is 0 Å². The second kappa shape index (κ2) is 1.82. The molecule has 1 fully saturated rings. The summed E-state index contributed by atoms with van der Waals surface area (Å²) < 4.78 is 4.85. The van der Waals surface area contributed by atoms with Crippen molar-refractivity contribution in [3.63, 3.8) is 0 Å². The lowest BCUT2D eigenvalue weighted by molar-refractivity contribution is 0.381. The summed E-state index contributed by atoms with van der Waals surface area (Å²) in [6.07, 6.45) is 0. The summed E-state index contributed by atoms with van der Waals surface area (Å²) in [7, 11) is 0. The van der Waals surface area contributed by atoms with Crippen LogP contribution in [0.5, 0.6) is 0 Å². The first-order valence-corrected chi connectivity index (χ1v) is 2.80. The average Bonchev–Trinajstić information content (AvgIpc) is 1.86. The van der Waals surface area contributed by atoms with Crippen molar-refractivity contribution < 1.29 is 4.18 Å². The van der Waals surface area contributed by atoms with Crippen molar-refractivity contribution in [2.24, 2.45) is 5.73 Å². The molecular weight excluding hydrogens is 98.1 g/mol. The van der Waals surface area contributed by atoms with Crippen molar-refractivity contribution >= 4 is 12.0 Å². The molecule has 1 rings (SSSR count). The van der Waals surface area contributed by atoms with Crippen LogP contribution in [0.1, 0.15) is 0 Å². The quantitative estimate of drug-likeness (QED) is 0.440. The zero-order valence-electron chi connectivity index (χ0n) is 3.39. The molecule has 1 atom stereocenters. The van der Waals surface area contributed by atoms with Crippen LogP contribution in [0.2, 0.25) is 0 Å². The molecule has 0 bridgehead atoms. The average molecular weight is 105 g/mol. The number of hydrogen-bond acceptors (Lipinski definition) is 3. The molecule has 0 aromatic rings. The van der Waals surface area contributed by atoms with E-state index >= 15 is 0 Å². The van der Waals surface area contributed by atoms with Gasteiger partial charge in [-0.15, -0.1) is 0 Å². The molecule has 0 aliphatic carbocycles. The molecular formula is C3H7NOS. The van der Waals surface area contributed by atoms with E-state index in [4.69, 9.17) is 9.92 Å². The van der Waals surface area contributed by atoms with Crippen molar-refractivity contribution in [1.29, 1.82) is 0 Å². The predicted molar refractivity (Wildman–Crippen MR) is 26.4 cm³/mol. The van der Waals surface area contributed by atoms with Crippen molar-refractivity contribution in [2.75, 3.05) is 12.4 Å². The standard InChI is InChI=1S/C3H7NOS/c4-3-1-5-6-2-3/h3H,1-2,4H2/t3-/m1/s1. The Morgan fingerprint density at radius 2 is 2.67 bits per heavy atom. The molecule has 0 spiro atoms. The zero-order valence-corrected chi connectivity index (χ0v) is 4.20. The third-order valence-corrected chi connectivity index (χ3v) is 1.51. The summed E-state index contributed by atoms with van der Waals surface area (Å²) >= 11 is 1.46. The lowest BCUT2D eigenvalue weighted by Gasteiger charge is -1.88. The van der Waals surface area contributed by atoms with Gasteiger partial charge in [0.1, 0.15) is 0 Å². The molecule has 2 nitrogen and oxygen atoms in total. The van der Waals surface area contributed by atoms with E-state index in [-0.39, 0.29) is 6.04 Å². The minimum Gasteiger partial charge on any atom is -0.325 e. The first-order chi connectivity index (χ1) is 2.89. The highest BCUT2D eigenvalue weighted by atomic mass is 32.2. The summed E-state index contributed by atoms with van der Waals surface area (Å²) in [5, 5.41) is 0. The van der Waals surface area contributed by atoms with Crippen molar-refractivity contribution in [3.05, 3.63) is 0 Å². The normalized spacial score (nSPS) is 34.5. The van der Waals surface area contributed by atoms with E-state index in [1.54, 1.807) is 0 Å². The molecule has 0 amide bonds. The molecule has 0 radical (unpaired) electrons. The molecule has 6 heavy (non-hydrogen) atoms. The van der Waals surface area contributed by atoms with Gasteiger partial charge < -0.3 is 9.92 Å². The van der Waals surface area contributed by atoms with Crippen molar-refractivity contribution in [2.45, 2.75) is 6.04 Å². The molecule has 2 N–H and O–H groups in total. The van der Waals surface area contributed by atoms with E-state index in [2.05, 4.69) is 0 Å². The summed E-state index contributed by atoms with van der Waals surface area (Å²) in [6.45, 7) is 0.727. The molecule has 0 unspecified atom stereocenters. The fraction of sp³-hybridized carbons (Fsp3) is 1.00. The van der Waals surface area contributed by atoms with Crippen molar-refractivity contribution in [1.82, 2.24) is 0 Å². The Balaban J connectivity index is 2.18. The van der Waals surface area contributed by atoms with Crippen molar-refractivity contribution in [3.8, 4) is 0 Å². The lowest BCUT2D eigenvalue weighted by atomic mass is 10.4. The molecule has 1 saturated heterocycles. The van der Waals surface area contributed by atoms with Crippen LogP contribution in [0.25, 0.3) is 0 Å². The Bertz CT molecular complexity index is 44.1. The fourth-order valence-electron chi connectivity index (χ4n) is 0.319. The van der Waals surface area contributed by atoms with E-state index in [9.17, 15) is 0 Å². The topological polar surface area (TPSA) is 35.2 Å². The van der Waals surface area contributed by atoms with Gasteiger partial charge in [-0.3, -0.25) is 0 Å². The van der Waals surface area contributed by atoms with Gasteiger partial charge in [0, 0.05) is 11.8 Å². The largest absolute Gasteiger partial charge is 0.325 e. The van der Waals surface area contributed by atoms with Gasteiger partial charge in [-0.2, -0.15) is 0 Å². The molecule has 36 valence electrons. The van der Waals surface area contributed by atoms with Gasteiger partial charge in [-0.25, -0.2) is 0 Å². The van der Waals surface area contributed by atoms with E-state index in [1.807, 2.05) is 0 Å². The van der Waals surface area contributed by atoms with Crippen LogP contribution >= 0.6 is 12.0 Å². The Labute approximate surface area is 41.2 Å². The number of rotatable bonds is 0. The van der Waals surface area contributed by atoms with E-state index in [0.29, 0.717) is 0 Å². The summed E-state index contributed by atoms with van der Waals surface area (Å²) in [5.41, 5.74) is 5.39. The lowest BCUT2D eigenvalue weighted by Crippen LogP contribution is -2.21. The number of hydrogen-bond donors (Lipinski definition) is 1. The fourth-order valence-corrected chi connectivity index (χ4v) is 0.957. The van der Waals surface area contributed by atoms with E-state index in [0.717, 1.165) is 12.4 Å².